The van der Waals surface area contributed by atoms with Crippen molar-refractivity contribution < 1.29 is 9.53 Å². The van der Waals surface area contributed by atoms with Gasteiger partial charge >= 0.3 is 0 Å². The van der Waals surface area contributed by atoms with Gasteiger partial charge in [0.1, 0.15) is 6.33 Å². The van der Waals surface area contributed by atoms with E-state index in [0.717, 1.165) is 11.8 Å². The number of rotatable bonds is 6. The van der Waals surface area contributed by atoms with Gasteiger partial charge in [0, 0.05) is 24.8 Å². The molecule has 1 amide bonds. The smallest absolute Gasteiger partial charge is 0.254 e. The molecular weight excluding hydrogens is 274 g/mol. The maximum atomic E-state index is 11.7. The summed E-state index contributed by atoms with van der Waals surface area (Å²) in [6.07, 6.45) is 5.18. The zero-order chi connectivity index (χ0) is 11.8. The fraction of sp³-hybridized carbons (Fsp3) is 0.500. The molecule has 1 rings (SSSR count). The first-order valence-corrected chi connectivity index (χ1v) is 6.01. The number of hydrogen-bond donors (Lipinski definition) is 1. The van der Waals surface area contributed by atoms with E-state index in [0.29, 0.717) is 12.2 Å². The summed E-state index contributed by atoms with van der Waals surface area (Å²) in [5.74, 6) is -0.177. The summed E-state index contributed by atoms with van der Waals surface area (Å²) in [6, 6.07) is -0.00270. The van der Waals surface area contributed by atoms with E-state index < -0.39 is 0 Å². The van der Waals surface area contributed by atoms with Gasteiger partial charge in [-0.2, -0.15) is 0 Å². The van der Waals surface area contributed by atoms with Gasteiger partial charge in [-0.05, 0) is 6.42 Å². The van der Waals surface area contributed by atoms with Crippen molar-refractivity contribution >= 4 is 21.8 Å². The number of hydrogen-bond acceptors (Lipinski definition) is 4. The Morgan fingerprint density at radius 2 is 2.25 bits per heavy atom. The molecular formula is C10H14BrN3O2. The molecule has 88 valence electrons. The van der Waals surface area contributed by atoms with Crippen molar-refractivity contribution in [2.24, 2.45) is 0 Å². The number of carbonyl (C=O) groups excluding carboxylic acids is 1. The SMILES string of the molecule is COCC(CCBr)NC(=O)c1cncnc1. The lowest BCUT2D eigenvalue weighted by Gasteiger charge is -2.16. The highest BCUT2D eigenvalue weighted by Gasteiger charge is 2.13. The van der Waals surface area contributed by atoms with Gasteiger partial charge in [0.2, 0.25) is 0 Å². The molecule has 0 radical (unpaired) electrons. The summed E-state index contributed by atoms with van der Waals surface area (Å²) in [5, 5.41) is 3.67. The molecule has 0 aliphatic carbocycles. The molecule has 0 aliphatic heterocycles. The Balaban J connectivity index is 2.54. The summed E-state index contributed by atoms with van der Waals surface area (Å²) in [5.41, 5.74) is 0.457. The molecule has 0 bridgehead atoms. The van der Waals surface area contributed by atoms with E-state index in [2.05, 4.69) is 31.2 Å². The van der Waals surface area contributed by atoms with Crippen LogP contribution < -0.4 is 5.32 Å². The Hall–Kier alpha value is -1.01. The lowest BCUT2D eigenvalue weighted by atomic mass is 10.2. The largest absolute Gasteiger partial charge is 0.383 e. The zero-order valence-corrected chi connectivity index (χ0v) is 10.6. The standard InChI is InChI=1S/C10H14BrN3O2/c1-16-6-9(2-3-11)14-10(15)8-4-12-7-13-5-8/h4-5,7,9H,2-3,6H2,1H3,(H,14,15). The number of nitrogens with one attached hydrogen (secondary N) is 1. The van der Waals surface area contributed by atoms with E-state index in [4.69, 9.17) is 4.74 Å². The lowest BCUT2D eigenvalue weighted by Crippen LogP contribution is -2.38. The number of carbonyl (C=O) groups is 1. The van der Waals surface area contributed by atoms with Crippen LogP contribution in [0.4, 0.5) is 0 Å². The average molecular weight is 288 g/mol. The number of halogens is 1. The van der Waals surface area contributed by atoms with Crippen molar-refractivity contribution in [1.29, 1.82) is 0 Å². The van der Waals surface area contributed by atoms with Gasteiger partial charge in [-0.1, -0.05) is 15.9 Å². The quantitative estimate of drug-likeness (QED) is 0.793. The molecule has 0 aliphatic rings. The predicted molar refractivity (Wildman–Crippen MR) is 63.6 cm³/mol. The number of aromatic nitrogens is 2. The number of ether oxygens (including phenoxy) is 1. The van der Waals surface area contributed by atoms with Gasteiger partial charge in [0.05, 0.1) is 18.2 Å². The molecule has 6 heteroatoms. The lowest BCUT2D eigenvalue weighted by molar-refractivity contribution is 0.0894. The van der Waals surface area contributed by atoms with E-state index in [-0.39, 0.29) is 11.9 Å². The highest BCUT2D eigenvalue weighted by Crippen LogP contribution is 2.00. The van der Waals surface area contributed by atoms with E-state index in [9.17, 15) is 4.79 Å². The van der Waals surface area contributed by atoms with Crippen LogP contribution >= 0.6 is 15.9 Å². The first-order valence-electron chi connectivity index (χ1n) is 4.88. The third-order valence-corrected chi connectivity index (χ3v) is 2.44. The van der Waals surface area contributed by atoms with Gasteiger partial charge in [-0.3, -0.25) is 4.79 Å². The second-order valence-electron chi connectivity index (χ2n) is 3.23. The van der Waals surface area contributed by atoms with Gasteiger partial charge in [-0.25, -0.2) is 9.97 Å². The molecule has 1 aromatic rings. The van der Waals surface area contributed by atoms with Crippen molar-refractivity contribution in [3.8, 4) is 0 Å². The molecule has 1 heterocycles. The van der Waals surface area contributed by atoms with Crippen LogP contribution in [0.1, 0.15) is 16.8 Å². The van der Waals surface area contributed by atoms with Gasteiger partial charge < -0.3 is 10.1 Å². The summed E-state index contributed by atoms with van der Waals surface area (Å²) < 4.78 is 5.03. The highest BCUT2D eigenvalue weighted by atomic mass is 79.9. The third-order valence-electron chi connectivity index (χ3n) is 1.98. The molecule has 16 heavy (non-hydrogen) atoms. The molecule has 0 fully saturated rings. The van der Waals surface area contributed by atoms with Gasteiger partial charge in [0.25, 0.3) is 5.91 Å². The molecule has 0 aromatic carbocycles. The van der Waals surface area contributed by atoms with Crippen molar-refractivity contribution in [3.63, 3.8) is 0 Å². The Kier molecular flexibility index (Phi) is 5.95. The number of nitrogens with zero attached hydrogens (tertiary/aromatic N) is 2. The molecule has 0 saturated carbocycles. The summed E-state index contributed by atoms with van der Waals surface area (Å²) in [4.78, 5) is 19.3. The number of alkyl halides is 1. The summed E-state index contributed by atoms with van der Waals surface area (Å²) in [6.45, 7) is 0.491. The van der Waals surface area contributed by atoms with Crippen molar-refractivity contribution in [3.05, 3.63) is 24.3 Å². The van der Waals surface area contributed by atoms with Crippen LogP contribution in [0, 0.1) is 0 Å². The van der Waals surface area contributed by atoms with Crippen molar-refractivity contribution in [2.75, 3.05) is 19.0 Å². The maximum Gasteiger partial charge on any atom is 0.254 e. The van der Waals surface area contributed by atoms with Crippen LogP contribution in [0.15, 0.2) is 18.7 Å². The van der Waals surface area contributed by atoms with Crippen LogP contribution in [-0.2, 0) is 4.74 Å². The first kappa shape index (κ1) is 13.1. The summed E-state index contributed by atoms with van der Waals surface area (Å²) in [7, 11) is 1.61. The molecule has 1 unspecified atom stereocenters. The van der Waals surface area contributed by atoms with E-state index in [1.165, 1.54) is 18.7 Å². The minimum Gasteiger partial charge on any atom is -0.383 e. The fourth-order valence-corrected chi connectivity index (χ4v) is 1.77. The second kappa shape index (κ2) is 7.29. The van der Waals surface area contributed by atoms with Crippen LogP contribution in [0.5, 0.6) is 0 Å². The second-order valence-corrected chi connectivity index (χ2v) is 4.02. The summed E-state index contributed by atoms with van der Waals surface area (Å²) >= 11 is 3.33. The highest BCUT2D eigenvalue weighted by molar-refractivity contribution is 9.09. The Morgan fingerprint density at radius 3 is 2.81 bits per heavy atom. The minimum absolute atomic E-state index is 0.00270. The van der Waals surface area contributed by atoms with E-state index in [1.54, 1.807) is 7.11 Å². The van der Waals surface area contributed by atoms with Gasteiger partial charge in [0.15, 0.2) is 0 Å². The first-order chi connectivity index (χ1) is 7.77. The topological polar surface area (TPSA) is 64.1 Å². The van der Waals surface area contributed by atoms with Crippen LogP contribution in [-0.4, -0.2) is 41.0 Å². The van der Waals surface area contributed by atoms with Crippen LogP contribution in [0.3, 0.4) is 0 Å². The molecule has 0 saturated heterocycles. The Labute approximate surface area is 103 Å². The Morgan fingerprint density at radius 1 is 1.56 bits per heavy atom. The molecule has 5 nitrogen and oxygen atoms in total. The monoisotopic (exact) mass is 287 g/mol. The molecule has 1 N–H and O–H groups in total. The maximum absolute atomic E-state index is 11.7. The zero-order valence-electron chi connectivity index (χ0n) is 9.02. The fourth-order valence-electron chi connectivity index (χ4n) is 1.22. The minimum atomic E-state index is -0.177. The van der Waals surface area contributed by atoms with Crippen LogP contribution in [0.2, 0.25) is 0 Å². The van der Waals surface area contributed by atoms with Gasteiger partial charge in [-0.15, -0.1) is 0 Å². The van der Waals surface area contributed by atoms with E-state index >= 15 is 0 Å². The average Bonchev–Trinajstić information content (AvgIpc) is 2.31. The molecule has 1 aromatic heterocycles. The Bertz CT molecular complexity index is 315. The molecule has 1 atom stereocenters. The van der Waals surface area contributed by atoms with Crippen molar-refractivity contribution in [1.82, 2.24) is 15.3 Å². The number of amides is 1. The normalized spacial score (nSPS) is 12.1. The van der Waals surface area contributed by atoms with Crippen molar-refractivity contribution in [2.45, 2.75) is 12.5 Å². The molecule has 0 spiro atoms. The third kappa shape index (κ3) is 4.24. The van der Waals surface area contributed by atoms with E-state index in [1.807, 2.05) is 0 Å². The predicted octanol–water partition coefficient (Wildman–Crippen LogP) is 1.01. The van der Waals surface area contributed by atoms with Crippen LogP contribution in [0.25, 0.3) is 0 Å². The number of methoxy groups -OCH3 is 1.